The molecule has 6 nitrogen and oxygen atoms in total. The van der Waals surface area contributed by atoms with Gasteiger partial charge in [-0.05, 0) is 37.6 Å². The number of carbonyl (C=O) groups is 2. The fourth-order valence-corrected chi connectivity index (χ4v) is 2.97. The third kappa shape index (κ3) is 4.03. The normalized spacial score (nSPS) is 19.4. The molecule has 3 rings (SSSR count). The van der Waals surface area contributed by atoms with E-state index < -0.39 is 5.54 Å². The van der Waals surface area contributed by atoms with E-state index in [4.69, 9.17) is 0 Å². The minimum Gasteiger partial charge on any atom is -0.334 e. The minimum atomic E-state index is -0.933. The van der Waals surface area contributed by atoms with Crippen molar-refractivity contribution in [3.63, 3.8) is 0 Å². The molecular formula is C19H22N4O2. The van der Waals surface area contributed by atoms with E-state index in [9.17, 15) is 9.59 Å². The Kier molecular flexibility index (Phi) is 5.09. The predicted octanol–water partition coefficient (Wildman–Crippen LogP) is 1.80. The van der Waals surface area contributed by atoms with Gasteiger partial charge in [-0.1, -0.05) is 30.3 Å². The number of carbonyl (C=O) groups excluding carboxylic acids is 2. The highest BCUT2D eigenvalue weighted by Crippen LogP contribution is 2.21. The molecule has 25 heavy (non-hydrogen) atoms. The van der Waals surface area contributed by atoms with Gasteiger partial charge in [0.25, 0.3) is 0 Å². The molecule has 1 saturated heterocycles. The van der Waals surface area contributed by atoms with E-state index >= 15 is 0 Å². The smallest absolute Gasteiger partial charge is 0.315 e. The van der Waals surface area contributed by atoms with Crippen molar-refractivity contribution < 1.29 is 9.59 Å². The second-order valence-electron chi connectivity index (χ2n) is 6.32. The van der Waals surface area contributed by atoms with Crippen LogP contribution in [0.3, 0.4) is 0 Å². The largest absolute Gasteiger partial charge is 0.334 e. The summed E-state index contributed by atoms with van der Waals surface area (Å²) in [6, 6.07) is 12.9. The Bertz CT molecular complexity index is 738. The summed E-state index contributed by atoms with van der Waals surface area (Å²) in [5.41, 5.74) is 1.43. The predicted molar refractivity (Wildman–Crippen MR) is 95.3 cm³/mol. The van der Waals surface area contributed by atoms with Crippen molar-refractivity contribution in [1.82, 2.24) is 20.9 Å². The molecule has 0 spiro atoms. The lowest BCUT2D eigenvalue weighted by molar-refractivity contribution is 0.0873. The zero-order chi connectivity index (χ0) is 17.7. The molecule has 1 atom stereocenters. The van der Waals surface area contributed by atoms with E-state index in [1.165, 1.54) is 0 Å². The van der Waals surface area contributed by atoms with Crippen LogP contribution in [0.25, 0.3) is 0 Å². The molecule has 0 radical (unpaired) electrons. The molecule has 1 aliphatic heterocycles. The number of nitrogens with one attached hydrogen (secondary N) is 3. The highest BCUT2D eigenvalue weighted by molar-refractivity contribution is 6.05. The van der Waals surface area contributed by atoms with Gasteiger partial charge in [0.05, 0.1) is 0 Å². The zero-order valence-electron chi connectivity index (χ0n) is 14.2. The van der Waals surface area contributed by atoms with Crippen LogP contribution in [0.4, 0.5) is 4.79 Å². The number of aryl methyl sites for hydroxylation is 1. The molecule has 1 aromatic heterocycles. The summed E-state index contributed by atoms with van der Waals surface area (Å²) in [6.45, 7) is 3.38. The van der Waals surface area contributed by atoms with Gasteiger partial charge in [-0.3, -0.25) is 9.78 Å². The quantitative estimate of drug-likeness (QED) is 0.726. The van der Waals surface area contributed by atoms with Crippen LogP contribution in [0.5, 0.6) is 0 Å². The lowest BCUT2D eigenvalue weighted by atomic mass is 9.89. The summed E-state index contributed by atoms with van der Waals surface area (Å²) in [6.07, 6.45) is 2.12. The van der Waals surface area contributed by atoms with Crippen LogP contribution >= 0.6 is 0 Å². The van der Waals surface area contributed by atoms with E-state index in [0.717, 1.165) is 11.3 Å². The first-order chi connectivity index (χ1) is 12.1. The molecule has 6 heteroatoms. The van der Waals surface area contributed by atoms with Gasteiger partial charge in [-0.2, -0.15) is 0 Å². The summed E-state index contributed by atoms with van der Waals surface area (Å²) in [5, 5.41) is 8.88. The first-order valence-corrected chi connectivity index (χ1v) is 8.37. The SMILES string of the molecule is Cc1ccc(C(=O)[C@@]2(NC(=O)NCc3ccccc3)CCNC2)cn1. The summed E-state index contributed by atoms with van der Waals surface area (Å²) in [7, 11) is 0. The van der Waals surface area contributed by atoms with Crippen molar-refractivity contribution in [3.8, 4) is 0 Å². The van der Waals surface area contributed by atoms with Crippen LogP contribution in [-0.2, 0) is 6.54 Å². The Morgan fingerprint density at radius 1 is 1.20 bits per heavy atom. The maximum atomic E-state index is 13.0. The first kappa shape index (κ1) is 17.1. The van der Waals surface area contributed by atoms with Crippen LogP contribution in [0.2, 0.25) is 0 Å². The number of amides is 2. The van der Waals surface area contributed by atoms with Crippen LogP contribution in [0.1, 0.15) is 28.0 Å². The first-order valence-electron chi connectivity index (χ1n) is 8.37. The van der Waals surface area contributed by atoms with E-state index in [1.807, 2.05) is 37.3 Å². The molecule has 0 aliphatic carbocycles. The molecular weight excluding hydrogens is 316 g/mol. The number of benzene rings is 1. The highest BCUT2D eigenvalue weighted by atomic mass is 16.2. The van der Waals surface area contributed by atoms with E-state index in [-0.39, 0.29) is 11.8 Å². The Balaban J connectivity index is 1.68. The third-order valence-corrected chi connectivity index (χ3v) is 4.41. The summed E-state index contributed by atoms with van der Waals surface area (Å²) in [5.74, 6) is -0.111. The molecule has 2 aromatic rings. The van der Waals surface area contributed by atoms with Crippen LogP contribution in [-0.4, -0.2) is 35.4 Å². The molecule has 1 aliphatic rings. The molecule has 130 valence electrons. The average Bonchev–Trinajstić information content (AvgIpc) is 3.10. The standard InChI is InChI=1S/C19H22N4O2/c1-14-7-8-16(12-21-14)17(24)19(9-10-20-13-19)23-18(25)22-11-15-5-3-2-4-6-15/h2-8,12,20H,9-11,13H2,1H3,(H2,22,23,25)/t19-/m1/s1. The van der Waals surface area contributed by atoms with Gasteiger partial charge in [0, 0.05) is 30.5 Å². The van der Waals surface area contributed by atoms with Gasteiger partial charge >= 0.3 is 6.03 Å². The van der Waals surface area contributed by atoms with Crippen LogP contribution in [0.15, 0.2) is 48.7 Å². The number of hydrogen-bond donors (Lipinski definition) is 3. The Morgan fingerprint density at radius 2 is 2.00 bits per heavy atom. The zero-order valence-corrected chi connectivity index (χ0v) is 14.2. The summed E-state index contributed by atoms with van der Waals surface area (Å²) < 4.78 is 0. The lowest BCUT2D eigenvalue weighted by Gasteiger charge is -2.28. The number of nitrogens with zero attached hydrogens (tertiary/aromatic N) is 1. The maximum absolute atomic E-state index is 13.0. The Labute approximate surface area is 147 Å². The highest BCUT2D eigenvalue weighted by Gasteiger charge is 2.43. The maximum Gasteiger partial charge on any atom is 0.315 e. The van der Waals surface area contributed by atoms with Gasteiger partial charge < -0.3 is 16.0 Å². The van der Waals surface area contributed by atoms with E-state index in [2.05, 4.69) is 20.9 Å². The number of rotatable bonds is 5. The molecule has 2 amide bonds. The molecule has 2 heterocycles. The summed E-state index contributed by atoms with van der Waals surface area (Å²) in [4.78, 5) is 29.5. The number of ketones is 1. The van der Waals surface area contributed by atoms with Gasteiger partial charge in [-0.15, -0.1) is 0 Å². The van der Waals surface area contributed by atoms with Gasteiger partial charge in [-0.25, -0.2) is 4.79 Å². The minimum absolute atomic E-state index is 0.111. The van der Waals surface area contributed by atoms with Crippen molar-refractivity contribution in [2.24, 2.45) is 0 Å². The topological polar surface area (TPSA) is 83.1 Å². The molecule has 1 aromatic carbocycles. The number of aromatic nitrogens is 1. The lowest BCUT2D eigenvalue weighted by Crippen LogP contribution is -2.58. The second-order valence-corrected chi connectivity index (χ2v) is 6.32. The Morgan fingerprint density at radius 3 is 2.64 bits per heavy atom. The van der Waals surface area contributed by atoms with Crippen molar-refractivity contribution in [1.29, 1.82) is 0 Å². The monoisotopic (exact) mass is 338 g/mol. The number of pyridine rings is 1. The molecule has 0 saturated carbocycles. The van der Waals surface area contributed by atoms with Crippen LogP contribution < -0.4 is 16.0 Å². The van der Waals surface area contributed by atoms with Crippen LogP contribution in [0, 0.1) is 6.92 Å². The van der Waals surface area contributed by atoms with Gasteiger partial charge in [0.1, 0.15) is 5.54 Å². The molecule has 0 unspecified atom stereocenters. The van der Waals surface area contributed by atoms with Crippen molar-refractivity contribution in [3.05, 3.63) is 65.5 Å². The van der Waals surface area contributed by atoms with Gasteiger partial charge in [0.15, 0.2) is 5.78 Å². The van der Waals surface area contributed by atoms with E-state index in [0.29, 0.717) is 31.6 Å². The number of Topliss-reactive ketones (excluding diaryl/α,β-unsaturated/α-hetero) is 1. The van der Waals surface area contributed by atoms with Gasteiger partial charge in [0.2, 0.25) is 0 Å². The molecule has 0 bridgehead atoms. The van der Waals surface area contributed by atoms with Crippen molar-refractivity contribution in [2.45, 2.75) is 25.4 Å². The fourth-order valence-electron chi connectivity index (χ4n) is 2.97. The molecule has 3 N–H and O–H groups in total. The average molecular weight is 338 g/mol. The molecule has 1 fully saturated rings. The van der Waals surface area contributed by atoms with Crippen molar-refractivity contribution >= 4 is 11.8 Å². The van der Waals surface area contributed by atoms with Crippen molar-refractivity contribution in [2.75, 3.05) is 13.1 Å². The van der Waals surface area contributed by atoms with E-state index in [1.54, 1.807) is 18.3 Å². The number of hydrogen-bond acceptors (Lipinski definition) is 4. The Hall–Kier alpha value is -2.73. The number of urea groups is 1. The second kappa shape index (κ2) is 7.44. The third-order valence-electron chi connectivity index (χ3n) is 4.41. The fraction of sp³-hybridized carbons (Fsp3) is 0.316. The summed E-state index contributed by atoms with van der Waals surface area (Å²) >= 11 is 0.